The van der Waals surface area contributed by atoms with E-state index >= 15 is 0 Å². The number of rotatable bonds is 1. The molecule has 3 fully saturated rings. The fourth-order valence-electron chi connectivity index (χ4n) is 5.12. The highest BCUT2D eigenvalue weighted by Gasteiger charge is 2.57. The predicted molar refractivity (Wildman–Crippen MR) is 74.6 cm³/mol. The largest absolute Gasteiger partial charge is 0.374 e. The highest BCUT2D eigenvalue weighted by Crippen LogP contribution is 2.55. The molecular weight excluding hydrogens is 222 g/mol. The molecule has 0 aromatic carbocycles. The van der Waals surface area contributed by atoms with Crippen molar-refractivity contribution in [2.75, 3.05) is 19.7 Å². The zero-order chi connectivity index (χ0) is 12.9. The molecule has 2 aliphatic heterocycles. The lowest BCUT2D eigenvalue weighted by Gasteiger charge is -2.44. The van der Waals surface area contributed by atoms with Crippen LogP contribution in [0.5, 0.6) is 0 Å². The lowest BCUT2D eigenvalue weighted by molar-refractivity contribution is -0.0801. The second kappa shape index (κ2) is 4.49. The van der Waals surface area contributed by atoms with Gasteiger partial charge in [-0.2, -0.15) is 0 Å². The molecule has 4 unspecified atom stereocenters. The molecule has 104 valence electrons. The van der Waals surface area contributed by atoms with Crippen LogP contribution in [0.25, 0.3) is 0 Å². The van der Waals surface area contributed by atoms with E-state index in [-0.39, 0.29) is 5.60 Å². The molecule has 0 amide bonds. The quantitative estimate of drug-likeness (QED) is 0.710. The lowest BCUT2D eigenvalue weighted by atomic mass is 9.72. The van der Waals surface area contributed by atoms with Gasteiger partial charge in [-0.25, -0.2) is 0 Å². The summed E-state index contributed by atoms with van der Waals surface area (Å²) in [6, 6.07) is 0.694. The zero-order valence-electron chi connectivity index (χ0n) is 12.5. The molecule has 2 nitrogen and oxygen atoms in total. The number of hydrogen-bond donors (Lipinski definition) is 0. The number of likely N-dealkylation sites (tertiary alicyclic amines) is 1. The van der Waals surface area contributed by atoms with Crippen molar-refractivity contribution >= 4 is 0 Å². The average Bonchev–Trinajstić information content (AvgIpc) is 2.82. The summed E-state index contributed by atoms with van der Waals surface area (Å²) < 4.78 is 6.39. The summed E-state index contributed by atoms with van der Waals surface area (Å²) in [5.41, 5.74) is 0.250. The first kappa shape index (κ1) is 12.9. The predicted octanol–water partition coefficient (Wildman–Crippen LogP) is 3.17. The van der Waals surface area contributed by atoms with Crippen LogP contribution in [-0.2, 0) is 4.74 Å². The Labute approximate surface area is 112 Å². The van der Waals surface area contributed by atoms with Gasteiger partial charge in [0.1, 0.15) is 0 Å². The van der Waals surface area contributed by atoms with Crippen LogP contribution in [-0.4, -0.2) is 36.2 Å². The summed E-state index contributed by atoms with van der Waals surface area (Å²) in [5, 5.41) is 0. The molecule has 0 radical (unpaired) electrons. The van der Waals surface area contributed by atoms with E-state index in [1.807, 2.05) is 0 Å². The van der Waals surface area contributed by atoms with Gasteiger partial charge in [0, 0.05) is 19.1 Å². The molecule has 0 aromatic rings. The third-order valence-corrected chi connectivity index (χ3v) is 6.09. The monoisotopic (exact) mass is 251 g/mol. The van der Waals surface area contributed by atoms with Crippen LogP contribution >= 0.6 is 0 Å². The van der Waals surface area contributed by atoms with Gasteiger partial charge in [-0.15, -0.1) is 0 Å². The van der Waals surface area contributed by atoms with E-state index < -0.39 is 0 Å². The Hall–Kier alpha value is -0.0800. The van der Waals surface area contributed by atoms with Gasteiger partial charge in [0.2, 0.25) is 0 Å². The van der Waals surface area contributed by atoms with Gasteiger partial charge >= 0.3 is 0 Å². The van der Waals surface area contributed by atoms with Crippen molar-refractivity contribution in [3.05, 3.63) is 0 Å². The lowest BCUT2D eigenvalue weighted by Crippen LogP contribution is -2.50. The second-order valence-electron chi connectivity index (χ2n) is 7.39. The molecule has 3 rings (SSSR count). The zero-order valence-corrected chi connectivity index (χ0v) is 12.5. The minimum absolute atomic E-state index is 0.250. The Balaban J connectivity index is 1.74. The average molecular weight is 251 g/mol. The Morgan fingerprint density at radius 2 is 1.78 bits per heavy atom. The van der Waals surface area contributed by atoms with E-state index in [9.17, 15) is 0 Å². The van der Waals surface area contributed by atoms with Crippen molar-refractivity contribution in [2.45, 2.75) is 58.6 Å². The summed E-state index contributed by atoms with van der Waals surface area (Å²) in [4.78, 5) is 2.62. The minimum Gasteiger partial charge on any atom is -0.374 e. The molecule has 0 aromatic heterocycles. The minimum atomic E-state index is 0.250. The molecule has 0 bridgehead atoms. The van der Waals surface area contributed by atoms with Crippen LogP contribution < -0.4 is 0 Å². The first-order valence-electron chi connectivity index (χ1n) is 7.91. The van der Waals surface area contributed by atoms with Crippen molar-refractivity contribution in [2.24, 2.45) is 23.7 Å². The van der Waals surface area contributed by atoms with Crippen LogP contribution in [0.4, 0.5) is 0 Å². The molecule has 2 saturated heterocycles. The Morgan fingerprint density at radius 3 is 2.39 bits per heavy atom. The summed E-state index contributed by atoms with van der Waals surface area (Å²) >= 11 is 0. The molecule has 2 heterocycles. The van der Waals surface area contributed by atoms with E-state index in [1.54, 1.807) is 0 Å². The third-order valence-electron chi connectivity index (χ3n) is 6.09. The van der Waals surface area contributed by atoms with Crippen LogP contribution in [0.15, 0.2) is 0 Å². The second-order valence-corrected chi connectivity index (χ2v) is 7.39. The first-order valence-corrected chi connectivity index (χ1v) is 7.91. The molecule has 1 saturated carbocycles. The molecule has 2 heteroatoms. The SMILES string of the molecule is CC1CC(C)C2C1COC21CCN(C(C)C)CC1. The van der Waals surface area contributed by atoms with Crippen molar-refractivity contribution in [1.82, 2.24) is 4.90 Å². The summed E-state index contributed by atoms with van der Waals surface area (Å²) in [6.45, 7) is 13.0. The van der Waals surface area contributed by atoms with Crippen molar-refractivity contribution in [1.29, 1.82) is 0 Å². The number of piperidine rings is 1. The highest BCUT2D eigenvalue weighted by molar-refractivity contribution is 5.06. The number of ether oxygens (including phenoxy) is 1. The number of fused-ring (bicyclic) bond motifs is 2. The van der Waals surface area contributed by atoms with Gasteiger partial charge in [-0.3, -0.25) is 0 Å². The van der Waals surface area contributed by atoms with Crippen LogP contribution in [0.3, 0.4) is 0 Å². The van der Waals surface area contributed by atoms with Crippen LogP contribution in [0.2, 0.25) is 0 Å². The van der Waals surface area contributed by atoms with Crippen LogP contribution in [0, 0.1) is 23.7 Å². The Morgan fingerprint density at radius 1 is 1.11 bits per heavy atom. The van der Waals surface area contributed by atoms with Crippen molar-refractivity contribution in [3.8, 4) is 0 Å². The maximum atomic E-state index is 6.39. The highest BCUT2D eigenvalue weighted by atomic mass is 16.5. The van der Waals surface area contributed by atoms with Crippen LogP contribution in [0.1, 0.15) is 47.0 Å². The topological polar surface area (TPSA) is 12.5 Å². The maximum Gasteiger partial charge on any atom is 0.0741 e. The third kappa shape index (κ3) is 1.84. The smallest absolute Gasteiger partial charge is 0.0741 e. The number of hydrogen-bond acceptors (Lipinski definition) is 2. The van der Waals surface area contributed by atoms with Gasteiger partial charge in [0.25, 0.3) is 0 Å². The summed E-state index contributed by atoms with van der Waals surface area (Å²) in [5.74, 6) is 3.46. The number of nitrogens with zero attached hydrogens (tertiary/aromatic N) is 1. The first-order chi connectivity index (χ1) is 8.53. The molecule has 0 N–H and O–H groups in total. The van der Waals surface area contributed by atoms with E-state index in [1.165, 1.54) is 32.4 Å². The Bertz CT molecular complexity index is 306. The van der Waals surface area contributed by atoms with E-state index in [4.69, 9.17) is 4.74 Å². The molecule has 1 spiro atoms. The van der Waals surface area contributed by atoms with Gasteiger partial charge in [-0.05, 0) is 56.8 Å². The Kier molecular flexibility index (Phi) is 3.22. The summed E-state index contributed by atoms with van der Waals surface area (Å²) in [7, 11) is 0. The van der Waals surface area contributed by atoms with E-state index in [0.29, 0.717) is 6.04 Å². The fraction of sp³-hybridized carbons (Fsp3) is 1.00. The van der Waals surface area contributed by atoms with Gasteiger partial charge < -0.3 is 9.64 Å². The van der Waals surface area contributed by atoms with Gasteiger partial charge in [0.05, 0.1) is 12.2 Å². The standard InChI is InChI=1S/C16H29NO/c1-11(2)17-7-5-16(6-8-17)15-13(4)9-12(3)14(15)10-18-16/h11-15H,5-10H2,1-4H3. The molecule has 18 heavy (non-hydrogen) atoms. The molecular formula is C16H29NO. The van der Waals surface area contributed by atoms with Gasteiger partial charge in [-0.1, -0.05) is 13.8 Å². The molecule has 1 aliphatic carbocycles. The van der Waals surface area contributed by atoms with Crippen molar-refractivity contribution in [3.63, 3.8) is 0 Å². The molecule has 3 aliphatic rings. The van der Waals surface area contributed by atoms with E-state index in [0.717, 1.165) is 30.3 Å². The summed E-state index contributed by atoms with van der Waals surface area (Å²) in [6.07, 6.45) is 3.96. The fourth-order valence-corrected chi connectivity index (χ4v) is 5.12. The maximum absolute atomic E-state index is 6.39. The normalized spacial score (nSPS) is 43.8. The molecule has 4 atom stereocenters. The van der Waals surface area contributed by atoms with E-state index in [2.05, 4.69) is 32.6 Å². The van der Waals surface area contributed by atoms with Crippen molar-refractivity contribution < 1.29 is 4.74 Å². The van der Waals surface area contributed by atoms with Gasteiger partial charge in [0.15, 0.2) is 0 Å².